The maximum Gasteiger partial charge on any atom is 0.227 e. The highest BCUT2D eigenvalue weighted by Gasteiger charge is 2.22. The average Bonchev–Trinajstić information content (AvgIpc) is 3.10. The van der Waals surface area contributed by atoms with Crippen molar-refractivity contribution in [2.45, 2.75) is 26.2 Å². The number of benzene rings is 1. The second-order valence-corrected chi connectivity index (χ2v) is 6.68. The van der Waals surface area contributed by atoms with Crippen LogP contribution in [0, 0.1) is 11.8 Å². The van der Waals surface area contributed by atoms with Crippen LogP contribution in [0.2, 0.25) is 0 Å². The SMILES string of the molecule is CC(Cc1nc(-c2nccc3ccccc23)no1)C1CCCNC1.Cl. The van der Waals surface area contributed by atoms with E-state index >= 15 is 0 Å². The first-order valence-corrected chi connectivity index (χ1v) is 8.68. The van der Waals surface area contributed by atoms with Gasteiger partial charge in [0.05, 0.1) is 0 Å². The monoisotopic (exact) mass is 358 g/mol. The first-order chi connectivity index (χ1) is 11.8. The third-order valence-electron chi connectivity index (χ3n) is 4.99. The molecule has 1 N–H and O–H groups in total. The molecule has 4 rings (SSSR count). The van der Waals surface area contributed by atoms with E-state index < -0.39 is 0 Å². The summed E-state index contributed by atoms with van der Waals surface area (Å²) in [5.74, 6) is 2.50. The van der Waals surface area contributed by atoms with Crippen LogP contribution >= 0.6 is 12.4 Å². The van der Waals surface area contributed by atoms with E-state index in [1.807, 2.05) is 24.3 Å². The maximum atomic E-state index is 5.51. The van der Waals surface area contributed by atoms with Crippen molar-refractivity contribution in [1.29, 1.82) is 0 Å². The summed E-state index contributed by atoms with van der Waals surface area (Å²) in [6, 6.07) is 10.1. The minimum atomic E-state index is 0. The summed E-state index contributed by atoms with van der Waals surface area (Å²) in [5.41, 5.74) is 0.787. The minimum absolute atomic E-state index is 0. The van der Waals surface area contributed by atoms with Crippen LogP contribution in [-0.4, -0.2) is 28.2 Å². The van der Waals surface area contributed by atoms with Crippen molar-refractivity contribution in [1.82, 2.24) is 20.4 Å². The number of nitrogens with zero attached hydrogens (tertiary/aromatic N) is 3. The van der Waals surface area contributed by atoms with E-state index in [2.05, 4.69) is 33.4 Å². The van der Waals surface area contributed by atoms with Crippen molar-refractivity contribution in [3.63, 3.8) is 0 Å². The number of fused-ring (bicyclic) bond motifs is 1. The molecule has 1 aliphatic rings. The molecule has 0 spiro atoms. The Morgan fingerprint density at radius 1 is 1.28 bits per heavy atom. The molecule has 25 heavy (non-hydrogen) atoms. The number of hydrogen-bond donors (Lipinski definition) is 1. The van der Waals surface area contributed by atoms with Crippen molar-refractivity contribution in [3.05, 3.63) is 42.4 Å². The second-order valence-electron chi connectivity index (χ2n) is 6.68. The summed E-state index contributed by atoms with van der Waals surface area (Å²) < 4.78 is 5.51. The van der Waals surface area contributed by atoms with Gasteiger partial charge in [0.15, 0.2) is 0 Å². The molecule has 0 aliphatic carbocycles. The van der Waals surface area contributed by atoms with E-state index in [-0.39, 0.29) is 12.4 Å². The van der Waals surface area contributed by atoms with E-state index in [0.29, 0.717) is 23.6 Å². The van der Waals surface area contributed by atoms with Gasteiger partial charge >= 0.3 is 0 Å². The highest BCUT2D eigenvalue weighted by Crippen LogP contribution is 2.26. The van der Waals surface area contributed by atoms with Gasteiger partial charge in [-0.1, -0.05) is 36.3 Å². The quantitative estimate of drug-likeness (QED) is 0.766. The Bertz CT molecular complexity index is 824. The van der Waals surface area contributed by atoms with Gasteiger partial charge in [0.1, 0.15) is 5.69 Å². The van der Waals surface area contributed by atoms with E-state index in [9.17, 15) is 0 Å². The van der Waals surface area contributed by atoms with E-state index in [1.54, 1.807) is 6.20 Å². The molecule has 1 aromatic carbocycles. The summed E-state index contributed by atoms with van der Waals surface area (Å²) >= 11 is 0. The Hall–Kier alpha value is -1.98. The van der Waals surface area contributed by atoms with Crippen molar-refractivity contribution in [2.75, 3.05) is 13.1 Å². The normalized spacial score (nSPS) is 18.7. The number of nitrogens with one attached hydrogen (secondary N) is 1. The molecule has 1 fully saturated rings. The molecule has 0 bridgehead atoms. The zero-order chi connectivity index (χ0) is 16.4. The Morgan fingerprint density at radius 2 is 2.16 bits per heavy atom. The van der Waals surface area contributed by atoms with Gasteiger partial charge in [-0.2, -0.15) is 4.98 Å². The number of halogens is 1. The molecule has 2 atom stereocenters. The Labute approximate surface area is 153 Å². The lowest BCUT2D eigenvalue weighted by molar-refractivity contribution is 0.257. The smallest absolute Gasteiger partial charge is 0.227 e. The van der Waals surface area contributed by atoms with Gasteiger partial charge in [-0.3, -0.25) is 4.98 Å². The van der Waals surface area contributed by atoms with E-state index in [0.717, 1.165) is 36.0 Å². The fourth-order valence-corrected chi connectivity index (χ4v) is 3.54. The Kier molecular flexibility index (Phi) is 5.66. The highest BCUT2D eigenvalue weighted by atomic mass is 35.5. The third kappa shape index (κ3) is 3.83. The number of pyridine rings is 1. The van der Waals surface area contributed by atoms with Gasteiger partial charge in [-0.05, 0) is 49.2 Å². The molecule has 132 valence electrons. The molecule has 6 heteroatoms. The molecule has 0 amide bonds. The van der Waals surface area contributed by atoms with Gasteiger partial charge in [-0.15, -0.1) is 12.4 Å². The van der Waals surface area contributed by atoms with Crippen molar-refractivity contribution >= 4 is 23.2 Å². The molecule has 0 radical (unpaired) electrons. The molecule has 0 saturated carbocycles. The standard InChI is InChI=1S/C19H22N4O.ClH/c1-13(15-6-4-9-20-12-15)11-17-22-19(23-24-17)18-16-7-3-2-5-14(16)8-10-21-18;/h2-3,5,7-8,10,13,15,20H,4,6,9,11-12H2,1H3;1H. The van der Waals surface area contributed by atoms with Gasteiger partial charge in [-0.25, -0.2) is 0 Å². The molecule has 2 unspecified atom stereocenters. The van der Waals surface area contributed by atoms with Gasteiger partial charge < -0.3 is 9.84 Å². The van der Waals surface area contributed by atoms with Gasteiger partial charge in [0.25, 0.3) is 0 Å². The molecular weight excluding hydrogens is 336 g/mol. The summed E-state index contributed by atoms with van der Waals surface area (Å²) in [6.45, 7) is 4.51. The van der Waals surface area contributed by atoms with E-state index in [1.165, 1.54) is 12.8 Å². The van der Waals surface area contributed by atoms with Crippen LogP contribution in [-0.2, 0) is 6.42 Å². The molecule has 3 aromatic rings. The van der Waals surface area contributed by atoms with Crippen LogP contribution in [0.4, 0.5) is 0 Å². The van der Waals surface area contributed by atoms with Gasteiger partial charge in [0.2, 0.25) is 11.7 Å². The van der Waals surface area contributed by atoms with E-state index in [4.69, 9.17) is 4.52 Å². The van der Waals surface area contributed by atoms with Crippen LogP contribution in [0.3, 0.4) is 0 Å². The molecule has 1 aliphatic heterocycles. The number of hydrogen-bond acceptors (Lipinski definition) is 5. The lowest BCUT2D eigenvalue weighted by Gasteiger charge is -2.27. The number of rotatable bonds is 4. The fourth-order valence-electron chi connectivity index (χ4n) is 3.54. The largest absolute Gasteiger partial charge is 0.339 e. The Balaban J connectivity index is 0.00000182. The predicted octanol–water partition coefficient (Wildman–Crippen LogP) is 3.88. The molecule has 3 heterocycles. The zero-order valence-corrected chi connectivity index (χ0v) is 15.1. The summed E-state index contributed by atoms with van der Waals surface area (Å²) in [7, 11) is 0. The van der Waals surface area contributed by atoms with Crippen LogP contribution in [0.25, 0.3) is 22.3 Å². The molecular formula is C19H23ClN4O. The topological polar surface area (TPSA) is 63.8 Å². The van der Waals surface area contributed by atoms with Gasteiger partial charge in [0, 0.05) is 18.0 Å². The van der Waals surface area contributed by atoms with Crippen LogP contribution in [0.15, 0.2) is 41.1 Å². The van der Waals surface area contributed by atoms with Crippen molar-refractivity contribution < 1.29 is 4.52 Å². The minimum Gasteiger partial charge on any atom is -0.339 e. The second kappa shape index (κ2) is 7.93. The predicted molar refractivity (Wildman–Crippen MR) is 101 cm³/mol. The van der Waals surface area contributed by atoms with Crippen LogP contribution < -0.4 is 5.32 Å². The van der Waals surface area contributed by atoms with Crippen molar-refractivity contribution in [3.8, 4) is 11.5 Å². The lowest BCUT2D eigenvalue weighted by Crippen LogP contribution is -2.33. The number of piperidine rings is 1. The molecule has 5 nitrogen and oxygen atoms in total. The van der Waals surface area contributed by atoms with Crippen LogP contribution in [0.1, 0.15) is 25.7 Å². The maximum absolute atomic E-state index is 5.51. The lowest BCUT2D eigenvalue weighted by atomic mass is 9.85. The zero-order valence-electron chi connectivity index (χ0n) is 14.3. The first-order valence-electron chi connectivity index (χ1n) is 8.68. The summed E-state index contributed by atoms with van der Waals surface area (Å²) in [4.78, 5) is 9.07. The fraction of sp³-hybridized carbons (Fsp3) is 0.421. The first kappa shape index (κ1) is 17.8. The average molecular weight is 359 g/mol. The summed E-state index contributed by atoms with van der Waals surface area (Å²) in [6.07, 6.45) is 5.15. The molecule has 2 aromatic heterocycles. The highest BCUT2D eigenvalue weighted by molar-refractivity contribution is 5.92. The van der Waals surface area contributed by atoms with Crippen LogP contribution in [0.5, 0.6) is 0 Å². The Morgan fingerprint density at radius 3 is 3.00 bits per heavy atom. The van der Waals surface area contributed by atoms with Crippen molar-refractivity contribution in [2.24, 2.45) is 11.8 Å². The number of aromatic nitrogens is 3. The summed E-state index contributed by atoms with van der Waals surface area (Å²) in [5, 5.41) is 9.83. The molecule has 1 saturated heterocycles. The third-order valence-corrected chi connectivity index (χ3v) is 4.99.